The van der Waals surface area contributed by atoms with Crippen molar-refractivity contribution in [2.24, 2.45) is 11.8 Å². The molecule has 2 saturated heterocycles. The molecule has 9 nitrogen and oxygen atoms in total. The first-order chi connectivity index (χ1) is 16.5. The highest BCUT2D eigenvalue weighted by atomic mass is 16.2. The minimum atomic E-state index is -0.287. The van der Waals surface area contributed by atoms with Gasteiger partial charge in [0.2, 0.25) is 11.8 Å². The number of imide groups is 1. The molecule has 0 spiro atoms. The number of likely N-dealkylation sites (tertiary alicyclic amines) is 2. The van der Waals surface area contributed by atoms with Gasteiger partial charge in [0.05, 0.1) is 23.3 Å². The maximum absolute atomic E-state index is 13.4. The van der Waals surface area contributed by atoms with Crippen LogP contribution in [0.2, 0.25) is 0 Å². The zero-order chi connectivity index (χ0) is 23.6. The topological polar surface area (TPSA) is 97.0 Å². The number of amides is 3. The van der Waals surface area contributed by atoms with Crippen molar-refractivity contribution in [2.75, 3.05) is 13.1 Å². The van der Waals surface area contributed by atoms with E-state index >= 15 is 0 Å². The summed E-state index contributed by atoms with van der Waals surface area (Å²) in [7, 11) is 0. The maximum Gasteiger partial charge on any atom is 0.270 e. The Kier molecular flexibility index (Phi) is 4.68. The van der Waals surface area contributed by atoms with Gasteiger partial charge in [0.15, 0.2) is 0 Å². The molecule has 2 unspecified atom stereocenters. The van der Waals surface area contributed by atoms with Gasteiger partial charge in [-0.25, -0.2) is 4.98 Å². The summed E-state index contributed by atoms with van der Waals surface area (Å²) in [6.07, 6.45) is 7.60. The number of allylic oxidation sites excluding steroid dienone is 2. The van der Waals surface area contributed by atoms with Gasteiger partial charge in [-0.3, -0.25) is 28.5 Å². The highest BCUT2D eigenvalue weighted by Crippen LogP contribution is 2.37. The molecule has 6 rings (SSSR count). The molecule has 9 heteroatoms. The molecular weight excluding hydrogens is 434 g/mol. The lowest BCUT2D eigenvalue weighted by Crippen LogP contribution is -2.62. The van der Waals surface area contributed by atoms with E-state index in [9.17, 15) is 19.2 Å². The van der Waals surface area contributed by atoms with E-state index in [2.05, 4.69) is 4.98 Å². The predicted molar refractivity (Wildman–Crippen MR) is 124 cm³/mol. The minimum Gasteiger partial charge on any atom is -0.333 e. The van der Waals surface area contributed by atoms with Crippen molar-refractivity contribution in [1.29, 1.82) is 0 Å². The van der Waals surface area contributed by atoms with Crippen LogP contribution in [0, 0.1) is 11.8 Å². The van der Waals surface area contributed by atoms with Gasteiger partial charge < -0.3 is 9.47 Å². The summed E-state index contributed by atoms with van der Waals surface area (Å²) in [6.45, 7) is 3.18. The lowest BCUT2D eigenvalue weighted by Gasteiger charge is -2.43. The lowest BCUT2D eigenvalue weighted by molar-refractivity contribution is -0.145. The summed E-state index contributed by atoms with van der Waals surface area (Å²) in [5, 5.41) is 0.402. The normalized spacial score (nSPS) is 22.6. The Morgan fingerprint density at radius 1 is 1.06 bits per heavy atom. The fraction of sp³-hybridized carbons (Fsp3) is 0.400. The summed E-state index contributed by atoms with van der Waals surface area (Å²) in [4.78, 5) is 59.9. The van der Waals surface area contributed by atoms with Gasteiger partial charge in [-0.1, -0.05) is 25.1 Å². The van der Waals surface area contributed by atoms with E-state index in [0.29, 0.717) is 54.9 Å². The number of carbonyl (C=O) groups is 3. The van der Waals surface area contributed by atoms with E-state index in [0.717, 1.165) is 6.42 Å². The van der Waals surface area contributed by atoms with Crippen molar-refractivity contribution in [3.63, 3.8) is 0 Å². The maximum atomic E-state index is 13.4. The average molecular weight is 460 g/mol. The van der Waals surface area contributed by atoms with Gasteiger partial charge >= 0.3 is 0 Å². The van der Waals surface area contributed by atoms with Crippen molar-refractivity contribution in [1.82, 2.24) is 23.8 Å². The fourth-order valence-electron chi connectivity index (χ4n) is 5.51. The van der Waals surface area contributed by atoms with Crippen LogP contribution in [0.3, 0.4) is 0 Å². The monoisotopic (exact) mass is 459 g/mol. The highest BCUT2D eigenvalue weighted by molar-refractivity contribution is 6.06. The van der Waals surface area contributed by atoms with E-state index in [1.807, 2.05) is 29.7 Å². The number of rotatable bonds is 4. The molecule has 0 radical (unpaired) electrons. The molecule has 0 saturated carbocycles. The Hall–Kier alpha value is -3.75. The Morgan fingerprint density at radius 2 is 1.76 bits per heavy atom. The second-order valence-electron chi connectivity index (χ2n) is 9.33. The van der Waals surface area contributed by atoms with Crippen LogP contribution in [0.5, 0.6) is 0 Å². The van der Waals surface area contributed by atoms with Crippen molar-refractivity contribution in [2.45, 2.75) is 38.8 Å². The predicted octanol–water partition coefficient (Wildman–Crippen LogP) is 1.83. The third kappa shape index (κ3) is 2.89. The molecule has 3 aromatic rings. The molecule has 2 aliphatic heterocycles. The van der Waals surface area contributed by atoms with Crippen LogP contribution in [-0.4, -0.2) is 60.6 Å². The smallest absolute Gasteiger partial charge is 0.270 e. The number of pyridine rings is 1. The van der Waals surface area contributed by atoms with Crippen molar-refractivity contribution >= 4 is 34.4 Å². The Morgan fingerprint density at radius 3 is 2.44 bits per heavy atom. The van der Waals surface area contributed by atoms with Crippen LogP contribution in [0.1, 0.15) is 36.7 Å². The van der Waals surface area contributed by atoms with Crippen LogP contribution in [0.4, 0.5) is 0 Å². The molecule has 0 bridgehead atoms. The summed E-state index contributed by atoms with van der Waals surface area (Å²) in [6, 6.07) is 6.69. The van der Waals surface area contributed by atoms with Gasteiger partial charge in [-0.05, 0) is 37.5 Å². The molecule has 2 atom stereocenters. The van der Waals surface area contributed by atoms with Crippen LogP contribution in [0.25, 0.3) is 16.7 Å². The number of nitrogens with zero attached hydrogens (tertiary/aromatic N) is 5. The molecule has 0 aromatic carbocycles. The lowest BCUT2D eigenvalue weighted by atomic mass is 9.85. The molecule has 3 amide bonds. The number of hydrogen-bond acceptors (Lipinski definition) is 5. The van der Waals surface area contributed by atoms with E-state index < -0.39 is 0 Å². The van der Waals surface area contributed by atoms with E-state index in [4.69, 9.17) is 0 Å². The van der Waals surface area contributed by atoms with E-state index in [1.54, 1.807) is 29.3 Å². The summed E-state index contributed by atoms with van der Waals surface area (Å²) in [5.41, 5.74) is 1.23. The van der Waals surface area contributed by atoms with E-state index in [-0.39, 0.29) is 41.2 Å². The Balaban J connectivity index is 1.29. The Labute approximate surface area is 195 Å². The summed E-state index contributed by atoms with van der Waals surface area (Å²) < 4.78 is 3.29. The fourth-order valence-corrected chi connectivity index (χ4v) is 5.51. The minimum absolute atomic E-state index is 0.111. The number of fused-ring (bicyclic) bond motifs is 3. The molecular formula is C25H25N5O4. The Bertz CT molecular complexity index is 1420. The highest BCUT2D eigenvalue weighted by Gasteiger charge is 2.52. The number of hydrogen-bond donors (Lipinski definition) is 0. The van der Waals surface area contributed by atoms with Crippen LogP contribution in [-0.2, 0) is 16.1 Å². The average Bonchev–Trinajstić information content (AvgIpc) is 3.30. The molecule has 34 heavy (non-hydrogen) atoms. The second-order valence-corrected chi connectivity index (χ2v) is 9.33. The standard InChI is InChI=1S/C25H25N5O4/c1-2-10-28-19(12-18-21(28)26-20-9-5-6-11-29(20)22(18)31)25(34)27-13-15(14-27)30-23(32)16-7-3-4-8-17(16)24(30)33/h3-6,9,11-12,15-17H,2,7-8,10,13-14H2,1H3. The zero-order valence-corrected chi connectivity index (χ0v) is 18.9. The molecule has 2 fully saturated rings. The molecule has 0 N–H and O–H groups in total. The third-order valence-electron chi connectivity index (χ3n) is 7.30. The van der Waals surface area contributed by atoms with Gasteiger partial charge in [0, 0.05) is 25.8 Å². The van der Waals surface area contributed by atoms with Gasteiger partial charge in [0.1, 0.15) is 17.0 Å². The molecule has 3 aromatic heterocycles. The number of aromatic nitrogens is 3. The summed E-state index contributed by atoms with van der Waals surface area (Å²) in [5.74, 6) is -0.958. The van der Waals surface area contributed by atoms with E-state index in [1.165, 1.54) is 9.30 Å². The van der Waals surface area contributed by atoms with Crippen LogP contribution < -0.4 is 5.56 Å². The summed E-state index contributed by atoms with van der Waals surface area (Å²) >= 11 is 0. The van der Waals surface area contributed by atoms with Gasteiger partial charge in [-0.15, -0.1) is 0 Å². The molecule has 174 valence electrons. The van der Waals surface area contributed by atoms with Gasteiger partial charge in [0.25, 0.3) is 11.5 Å². The first-order valence-corrected chi connectivity index (χ1v) is 11.8. The zero-order valence-electron chi connectivity index (χ0n) is 18.9. The van der Waals surface area contributed by atoms with Crippen molar-refractivity contribution in [3.8, 4) is 0 Å². The van der Waals surface area contributed by atoms with Crippen LogP contribution >= 0.6 is 0 Å². The number of aryl methyl sites for hydroxylation is 1. The number of carbonyl (C=O) groups excluding carboxylic acids is 3. The van der Waals surface area contributed by atoms with Crippen molar-refractivity contribution < 1.29 is 14.4 Å². The molecule has 1 aliphatic carbocycles. The molecule has 5 heterocycles. The first-order valence-electron chi connectivity index (χ1n) is 11.8. The SMILES string of the molecule is CCCn1c(C(=O)N2CC(N3C(=O)C4CC=CCC4C3=O)C2)cc2c(=O)n3ccccc3nc21. The third-order valence-corrected chi connectivity index (χ3v) is 7.30. The largest absolute Gasteiger partial charge is 0.333 e. The first kappa shape index (κ1) is 20.8. The van der Waals surface area contributed by atoms with Crippen LogP contribution in [0.15, 0.2) is 47.4 Å². The quantitative estimate of drug-likeness (QED) is 0.438. The molecule has 3 aliphatic rings. The van der Waals surface area contributed by atoms with Gasteiger partial charge in [-0.2, -0.15) is 0 Å². The van der Waals surface area contributed by atoms with Crippen molar-refractivity contribution in [3.05, 3.63) is 58.7 Å². The second kappa shape index (κ2) is 7.65.